The van der Waals surface area contributed by atoms with E-state index in [0.717, 1.165) is 42.5 Å². The third kappa shape index (κ3) is 3.80. The maximum Gasteiger partial charge on any atom is 0.333 e. The molecule has 2 aromatic rings. The van der Waals surface area contributed by atoms with Crippen molar-refractivity contribution >= 4 is 11.6 Å². The van der Waals surface area contributed by atoms with Crippen molar-refractivity contribution in [3.05, 3.63) is 62.3 Å². The number of piperidine rings is 1. The van der Waals surface area contributed by atoms with Crippen LogP contribution in [-0.4, -0.2) is 39.5 Å². The van der Waals surface area contributed by atoms with E-state index >= 15 is 0 Å². The maximum atomic E-state index is 13.0. The average Bonchev–Trinajstić information content (AvgIpc) is 2.69. The van der Waals surface area contributed by atoms with Crippen LogP contribution in [0.4, 0.5) is 5.82 Å². The molecular formula is C21H28N4O3. The zero-order valence-corrected chi connectivity index (χ0v) is 16.6. The molecule has 1 aromatic heterocycles. The summed E-state index contributed by atoms with van der Waals surface area (Å²) in [7, 11) is 0. The van der Waals surface area contributed by atoms with E-state index in [-0.39, 0.29) is 30.3 Å². The summed E-state index contributed by atoms with van der Waals surface area (Å²) in [6, 6.07) is 9.05. The summed E-state index contributed by atoms with van der Waals surface area (Å²) in [4.78, 5) is 40.9. The Morgan fingerprint density at radius 3 is 2.36 bits per heavy atom. The number of carbonyl (C=O) groups excluding carboxylic acids is 1. The number of hydrogen-bond donors (Lipinski definition) is 1. The van der Waals surface area contributed by atoms with Crippen molar-refractivity contribution in [3.63, 3.8) is 0 Å². The fraction of sp³-hybridized carbons (Fsp3) is 0.476. The van der Waals surface area contributed by atoms with Gasteiger partial charge in [-0.3, -0.25) is 23.6 Å². The molecule has 3 rings (SSSR count). The summed E-state index contributed by atoms with van der Waals surface area (Å²) in [5, 5.41) is 0. The van der Waals surface area contributed by atoms with E-state index in [9.17, 15) is 14.4 Å². The molecule has 1 atom stereocenters. The largest absolute Gasteiger partial charge is 0.384 e. The van der Waals surface area contributed by atoms with Crippen molar-refractivity contribution < 1.29 is 4.79 Å². The second kappa shape index (κ2) is 8.56. The summed E-state index contributed by atoms with van der Waals surface area (Å²) >= 11 is 0. The van der Waals surface area contributed by atoms with Crippen LogP contribution in [0.1, 0.15) is 55.1 Å². The number of ketones is 1. The molecule has 2 N–H and O–H groups in total. The minimum Gasteiger partial charge on any atom is -0.384 e. The molecule has 7 nitrogen and oxygen atoms in total. The predicted molar refractivity (Wildman–Crippen MR) is 110 cm³/mol. The number of nitrogens with two attached hydrogens (primary N) is 1. The quantitative estimate of drug-likeness (QED) is 0.768. The van der Waals surface area contributed by atoms with Crippen molar-refractivity contribution in [2.24, 2.45) is 0 Å². The fourth-order valence-electron chi connectivity index (χ4n) is 3.88. The highest BCUT2D eigenvalue weighted by molar-refractivity contribution is 6.01. The number of benzene rings is 1. The summed E-state index contributed by atoms with van der Waals surface area (Å²) in [6.07, 6.45) is 3.26. The van der Waals surface area contributed by atoms with Crippen LogP contribution in [0.2, 0.25) is 0 Å². The fourth-order valence-corrected chi connectivity index (χ4v) is 3.88. The summed E-state index contributed by atoms with van der Waals surface area (Å²) in [6.45, 7) is 5.58. The van der Waals surface area contributed by atoms with Crippen LogP contribution in [-0.2, 0) is 6.54 Å². The monoisotopic (exact) mass is 384 g/mol. The SMILES string of the molecule is CCn1c(=O)c(C(=O)CN2CCCCC2)c(N)n(C(C)c2ccccc2)c1=O. The summed E-state index contributed by atoms with van der Waals surface area (Å²) < 4.78 is 2.46. The second-order valence-electron chi connectivity index (χ2n) is 7.31. The van der Waals surface area contributed by atoms with Crippen LogP contribution >= 0.6 is 0 Å². The number of hydrogen-bond acceptors (Lipinski definition) is 5. The molecule has 0 saturated carbocycles. The number of likely N-dealkylation sites (tertiary alicyclic amines) is 1. The molecule has 7 heteroatoms. The smallest absolute Gasteiger partial charge is 0.333 e. The van der Waals surface area contributed by atoms with E-state index in [1.165, 1.54) is 4.57 Å². The zero-order chi connectivity index (χ0) is 20.3. The number of Topliss-reactive ketones (excluding diaryl/α,β-unsaturated/α-hetero) is 1. The molecule has 1 aromatic carbocycles. The molecule has 0 amide bonds. The molecule has 1 aliphatic heterocycles. The van der Waals surface area contributed by atoms with Crippen LogP contribution < -0.4 is 17.0 Å². The highest BCUT2D eigenvalue weighted by atomic mass is 16.2. The molecule has 150 valence electrons. The van der Waals surface area contributed by atoms with Gasteiger partial charge in [-0.25, -0.2) is 4.79 Å². The minimum absolute atomic E-state index is 0.0435. The number of nitrogens with zero attached hydrogens (tertiary/aromatic N) is 3. The van der Waals surface area contributed by atoms with Crippen LogP contribution in [0.25, 0.3) is 0 Å². The Bertz CT molecular complexity index is 956. The number of aromatic nitrogens is 2. The molecule has 1 unspecified atom stereocenters. The third-order valence-corrected chi connectivity index (χ3v) is 5.49. The van der Waals surface area contributed by atoms with Crippen molar-refractivity contribution in [1.82, 2.24) is 14.0 Å². The lowest BCUT2D eigenvalue weighted by Gasteiger charge is -2.26. The molecule has 0 aliphatic carbocycles. The summed E-state index contributed by atoms with van der Waals surface area (Å²) in [5.74, 6) is -0.362. The van der Waals surface area contributed by atoms with Gasteiger partial charge in [0.2, 0.25) is 0 Å². The molecule has 2 heterocycles. The number of anilines is 1. The van der Waals surface area contributed by atoms with Crippen LogP contribution in [0.5, 0.6) is 0 Å². The van der Waals surface area contributed by atoms with E-state index in [4.69, 9.17) is 5.73 Å². The van der Waals surface area contributed by atoms with Gasteiger partial charge in [-0.2, -0.15) is 0 Å². The van der Waals surface area contributed by atoms with E-state index in [0.29, 0.717) is 0 Å². The van der Waals surface area contributed by atoms with Crippen molar-refractivity contribution in [2.75, 3.05) is 25.4 Å². The van der Waals surface area contributed by atoms with Gasteiger partial charge < -0.3 is 5.73 Å². The third-order valence-electron chi connectivity index (χ3n) is 5.49. The van der Waals surface area contributed by atoms with Crippen LogP contribution in [0.3, 0.4) is 0 Å². The maximum absolute atomic E-state index is 13.0. The number of nitrogen functional groups attached to an aromatic ring is 1. The lowest BCUT2D eigenvalue weighted by Crippen LogP contribution is -2.46. The Labute approximate surface area is 164 Å². The van der Waals surface area contributed by atoms with Crippen LogP contribution in [0, 0.1) is 0 Å². The van der Waals surface area contributed by atoms with Crippen molar-refractivity contribution in [3.8, 4) is 0 Å². The van der Waals surface area contributed by atoms with Gasteiger partial charge in [0.15, 0.2) is 5.78 Å². The van der Waals surface area contributed by atoms with Crippen LogP contribution in [0.15, 0.2) is 39.9 Å². The van der Waals surface area contributed by atoms with Gasteiger partial charge in [-0.05, 0) is 45.3 Å². The Kier molecular flexibility index (Phi) is 6.14. The highest BCUT2D eigenvalue weighted by Gasteiger charge is 2.26. The Morgan fingerprint density at radius 2 is 1.75 bits per heavy atom. The Morgan fingerprint density at radius 1 is 1.11 bits per heavy atom. The van der Waals surface area contributed by atoms with Gasteiger partial charge in [-0.15, -0.1) is 0 Å². The predicted octanol–water partition coefficient (Wildman–Crippen LogP) is 1.89. The normalized spacial score (nSPS) is 16.1. The Balaban J connectivity index is 2.08. The molecule has 0 bridgehead atoms. The number of rotatable bonds is 6. The topological polar surface area (TPSA) is 90.3 Å². The van der Waals surface area contributed by atoms with Gasteiger partial charge >= 0.3 is 5.69 Å². The van der Waals surface area contributed by atoms with Gasteiger partial charge in [0.1, 0.15) is 11.4 Å². The molecule has 28 heavy (non-hydrogen) atoms. The number of carbonyl (C=O) groups is 1. The molecule has 1 aliphatic rings. The average molecular weight is 384 g/mol. The van der Waals surface area contributed by atoms with E-state index in [1.807, 2.05) is 37.3 Å². The molecule has 1 saturated heterocycles. The molecule has 0 spiro atoms. The van der Waals surface area contributed by atoms with E-state index in [2.05, 4.69) is 4.90 Å². The first-order valence-electron chi connectivity index (χ1n) is 9.91. The molecule has 1 fully saturated rings. The first kappa shape index (κ1) is 20.1. The molecular weight excluding hydrogens is 356 g/mol. The highest BCUT2D eigenvalue weighted by Crippen LogP contribution is 2.20. The van der Waals surface area contributed by atoms with Crippen molar-refractivity contribution in [2.45, 2.75) is 45.7 Å². The van der Waals surface area contributed by atoms with Gasteiger partial charge in [0, 0.05) is 6.54 Å². The van der Waals surface area contributed by atoms with Gasteiger partial charge in [0.25, 0.3) is 5.56 Å². The molecule has 0 radical (unpaired) electrons. The first-order valence-corrected chi connectivity index (χ1v) is 9.91. The zero-order valence-electron chi connectivity index (χ0n) is 16.6. The van der Waals surface area contributed by atoms with E-state index < -0.39 is 17.3 Å². The van der Waals surface area contributed by atoms with E-state index in [1.54, 1.807) is 6.92 Å². The Hall–Kier alpha value is -2.67. The van der Waals surface area contributed by atoms with Gasteiger partial charge in [-0.1, -0.05) is 36.8 Å². The summed E-state index contributed by atoms with van der Waals surface area (Å²) in [5.41, 5.74) is 5.99. The standard InChI is InChI=1S/C21H28N4O3/c1-3-24-20(27)18(17(26)14-23-12-8-5-9-13-23)19(22)25(21(24)28)15(2)16-10-6-4-7-11-16/h4,6-7,10-11,15H,3,5,8-9,12-14,22H2,1-2H3. The lowest BCUT2D eigenvalue weighted by atomic mass is 10.1. The first-order chi connectivity index (χ1) is 13.5. The second-order valence-corrected chi connectivity index (χ2v) is 7.31. The van der Waals surface area contributed by atoms with Crippen molar-refractivity contribution in [1.29, 1.82) is 0 Å². The lowest BCUT2D eigenvalue weighted by molar-refractivity contribution is 0.0913. The van der Waals surface area contributed by atoms with Gasteiger partial charge in [0.05, 0.1) is 12.6 Å². The minimum atomic E-state index is -0.594.